The third-order valence-electron chi connectivity index (χ3n) is 10.6. The third kappa shape index (κ3) is 5.23. The molecule has 1 unspecified atom stereocenters. The number of aromatic nitrogens is 6. The van der Waals surface area contributed by atoms with Gasteiger partial charge in [-0.3, -0.25) is 14.6 Å². The molecule has 2 saturated heterocycles. The Bertz CT molecular complexity index is 2030. The average molecular weight is 661 g/mol. The van der Waals surface area contributed by atoms with E-state index in [0.717, 1.165) is 69.9 Å². The Morgan fingerprint density at radius 2 is 1.90 bits per heavy atom. The van der Waals surface area contributed by atoms with E-state index in [1.807, 2.05) is 24.4 Å². The SMILES string of the molecule is CC1CN(C2COC2)CCN1c1ccc(Nc2cc(-c3ccnc(N4CCn5c(cc6c5CCCC6)C4=O)c3CO)nn3ccnc23)nc1. The van der Waals surface area contributed by atoms with Crippen LogP contribution < -0.4 is 15.1 Å². The number of rotatable bonds is 7. The Labute approximate surface area is 284 Å². The van der Waals surface area contributed by atoms with Gasteiger partial charge in [-0.2, -0.15) is 5.10 Å². The number of hydrogen-bond donors (Lipinski definition) is 2. The average Bonchev–Trinajstić information content (AvgIpc) is 3.74. The first-order valence-electron chi connectivity index (χ1n) is 17.3. The number of imidazole rings is 1. The molecule has 1 amide bonds. The largest absolute Gasteiger partial charge is 0.392 e. The molecule has 0 radical (unpaired) electrons. The van der Waals surface area contributed by atoms with Crippen molar-refractivity contribution in [3.8, 4) is 11.3 Å². The zero-order chi connectivity index (χ0) is 33.1. The number of anilines is 4. The first-order chi connectivity index (χ1) is 24.1. The van der Waals surface area contributed by atoms with Crippen LogP contribution in [-0.4, -0.2) is 96.5 Å². The molecule has 0 aromatic carbocycles. The van der Waals surface area contributed by atoms with Gasteiger partial charge >= 0.3 is 0 Å². The van der Waals surface area contributed by atoms with Gasteiger partial charge < -0.3 is 24.6 Å². The lowest BCUT2D eigenvalue weighted by Gasteiger charge is -2.46. The van der Waals surface area contributed by atoms with Gasteiger partial charge in [0.1, 0.15) is 17.3 Å². The zero-order valence-electron chi connectivity index (χ0n) is 27.6. The molecule has 3 aliphatic heterocycles. The van der Waals surface area contributed by atoms with E-state index in [0.29, 0.717) is 65.0 Å². The Hall–Kier alpha value is -4.85. The van der Waals surface area contributed by atoms with Gasteiger partial charge in [-0.25, -0.2) is 19.5 Å². The van der Waals surface area contributed by atoms with Crippen molar-refractivity contribution in [1.82, 2.24) is 34.0 Å². The number of hydrogen-bond acceptors (Lipinski definition) is 10. The van der Waals surface area contributed by atoms with Crippen molar-refractivity contribution in [2.45, 2.75) is 57.8 Å². The van der Waals surface area contributed by atoms with E-state index in [1.165, 1.54) is 11.3 Å². The fourth-order valence-corrected chi connectivity index (χ4v) is 7.99. The number of amides is 1. The highest BCUT2D eigenvalue weighted by Crippen LogP contribution is 2.35. The van der Waals surface area contributed by atoms with E-state index < -0.39 is 0 Å². The molecule has 2 fully saturated rings. The van der Waals surface area contributed by atoms with Gasteiger partial charge in [-0.1, -0.05) is 0 Å². The molecule has 0 bridgehead atoms. The van der Waals surface area contributed by atoms with E-state index in [1.54, 1.807) is 28.0 Å². The van der Waals surface area contributed by atoms with Crippen molar-refractivity contribution in [2.75, 3.05) is 54.5 Å². The Morgan fingerprint density at radius 1 is 1.00 bits per heavy atom. The van der Waals surface area contributed by atoms with E-state index in [-0.39, 0.29) is 12.5 Å². The lowest BCUT2D eigenvalue weighted by Crippen LogP contribution is -2.59. The smallest absolute Gasteiger partial charge is 0.276 e. The first kappa shape index (κ1) is 30.2. The van der Waals surface area contributed by atoms with Crippen LogP contribution in [0, 0.1) is 0 Å². The second-order valence-corrected chi connectivity index (χ2v) is 13.5. The predicted octanol–water partition coefficient (Wildman–Crippen LogP) is 3.67. The lowest BCUT2D eigenvalue weighted by atomic mass is 9.98. The number of nitrogens with one attached hydrogen (secondary N) is 1. The molecular weight excluding hydrogens is 620 g/mol. The zero-order valence-corrected chi connectivity index (χ0v) is 27.6. The van der Waals surface area contributed by atoms with Gasteiger partial charge in [0.15, 0.2) is 5.65 Å². The van der Waals surface area contributed by atoms with Crippen LogP contribution in [0.3, 0.4) is 0 Å². The highest BCUT2D eigenvalue weighted by Gasteiger charge is 2.34. The molecule has 5 aromatic heterocycles. The molecular formula is C36H40N10O3. The summed E-state index contributed by atoms with van der Waals surface area (Å²) in [5, 5.41) is 19.0. The van der Waals surface area contributed by atoms with Crippen LogP contribution >= 0.6 is 0 Å². The van der Waals surface area contributed by atoms with Gasteiger partial charge in [0.2, 0.25) is 0 Å². The topological polar surface area (TPSA) is 129 Å². The van der Waals surface area contributed by atoms with Crippen molar-refractivity contribution < 1.29 is 14.6 Å². The second kappa shape index (κ2) is 12.2. The summed E-state index contributed by atoms with van der Waals surface area (Å²) in [7, 11) is 0. The number of aliphatic hydroxyl groups is 1. The molecule has 252 valence electrons. The summed E-state index contributed by atoms with van der Waals surface area (Å²) in [5.74, 6) is 1.07. The van der Waals surface area contributed by atoms with Gasteiger partial charge in [-0.15, -0.1) is 0 Å². The summed E-state index contributed by atoms with van der Waals surface area (Å²) < 4.78 is 9.31. The number of piperazine rings is 1. The van der Waals surface area contributed by atoms with Crippen LogP contribution in [-0.2, 0) is 30.7 Å². The minimum Gasteiger partial charge on any atom is -0.392 e. The number of fused-ring (bicyclic) bond motifs is 4. The Balaban J connectivity index is 0.991. The van der Waals surface area contributed by atoms with Gasteiger partial charge in [-0.05, 0) is 68.5 Å². The van der Waals surface area contributed by atoms with E-state index in [2.05, 4.69) is 48.7 Å². The Morgan fingerprint density at radius 3 is 2.69 bits per heavy atom. The molecule has 1 aliphatic carbocycles. The first-order valence-corrected chi connectivity index (χ1v) is 17.3. The summed E-state index contributed by atoms with van der Waals surface area (Å²) in [6, 6.07) is 10.9. The van der Waals surface area contributed by atoms with Crippen molar-refractivity contribution in [2.24, 2.45) is 0 Å². The number of ether oxygens (including phenoxy) is 1. The van der Waals surface area contributed by atoms with Crippen LogP contribution in [0.25, 0.3) is 16.9 Å². The molecule has 13 heteroatoms. The number of nitrogens with zero attached hydrogens (tertiary/aromatic N) is 9. The molecule has 2 N–H and O–H groups in total. The van der Waals surface area contributed by atoms with Crippen molar-refractivity contribution in [3.63, 3.8) is 0 Å². The van der Waals surface area contributed by atoms with Crippen molar-refractivity contribution >= 4 is 34.6 Å². The van der Waals surface area contributed by atoms with Crippen LogP contribution in [0.5, 0.6) is 0 Å². The maximum atomic E-state index is 13.9. The molecule has 4 aliphatic rings. The lowest BCUT2D eigenvalue weighted by molar-refractivity contribution is -0.0691. The second-order valence-electron chi connectivity index (χ2n) is 13.5. The minimum absolute atomic E-state index is 0.0841. The summed E-state index contributed by atoms with van der Waals surface area (Å²) >= 11 is 0. The Kier molecular flexibility index (Phi) is 7.55. The molecule has 5 aromatic rings. The summed E-state index contributed by atoms with van der Waals surface area (Å²) in [6.45, 7) is 7.83. The van der Waals surface area contributed by atoms with Gasteiger partial charge in [0, 0.05) is 74.2 Å². The molecule has 1 atom stereocenters. The van der Waals surface area contributed by atoms with Crippen molar-refractivity contribution in [3.05, 3.63) is 77.6 Å². The highest BCUT2D eigenvalue weighted by atomic mass is 16.5. The maximum Gasteiger partial charge on any atom is 0.276 e. The molecule has 0 saturated carbocycles. The predicted molar refractivity (Wildman–Crippen MR) is 185 cm³/mol. The van der Waals surface area contributed by atoms with Crippen LogP contribution in [0.1, 0.15) is 47.1 Å². The quantitative estimate of drug-likeness (QED) is 0.267. The highest BCUT2D eigenvalue weighted by molar-refractivity contribution is 6.06. The number of aryl methyl sites for hydroxylation is 1. The number of pyridine rings is 2. The van der Waals surface area contributed by atoms with E-state index in [4.69, 9.17) is 14.8 Å². The molecule has 8 heterocycles. The normalized spacial score (nSPS) is 20.0. The fourth-order valence-electron chi connectivity index (χ4n) is 7.99. The van der Waals surface area contributed by atoms with Crippen LogP contribution in [0.2, 0.25) is 0 Å². The summed E-state index contributed by atoms with van der Waals surface area (Å²) in [6.07, 6.45) is 11.5. The third-order valence-corrected chi connectivity index (χ3v) is 10.6. The van der Waals surface area contributed by atoms with Crippen LogP contribution in [0.15, 0.2) is 55.1 Å². The van der Waals surface area contributed by atoms with E-state index >= 15 is 0 Å². The number of aliphatic hydroxyl groups excluding tert-OH is 1. The number of carbonyl (C=O) groups excluding carboxylic acids is 1. The minimum atomic E-state index is -0.295. The van der Waals surface area contributed by atoms with Gasteiger partial charge in [0.25, 0.3) is 5.91 Å². The molecule has 9 rings (SSSR count). The number of carbonyl (C=O) groups is 1. The molecule has 49 heavy (non-hydrogen) atoms. The monoisotopic (exact) mass is 660 g/mol. The standard InChI is InChI=1S/C36H40N10O3/c1-23-19-42(26-21-49-22-26)12-13-43(23)25-6-7-33(39-18-25)40-30-17-29(41-46-11-10-38-35(30)46)27-8-9-37-34(28(27)20-47)45-15-14-44-31-5-3-2-4-24(31)16-32(44)36(45)48/h6-11,16-18,23,26,47H,2-5,12-15,19-22H2,1H3,(H,39,40). The summed E-state index contributed by atoms with van der Waals surface area (Å²) in [5.41, 5.74) is 7.63. The van der Waals surface area contributed by atoms with Crippen LogP contribution in [0.4, 0.5) is 23.0 Å². The maximum absolute atomic E-state index is 13.9. The molecule has 13 nitrogen and oxygen atoms in total. The van der Waals surface area contributed by atoms with E-state index in [9.17, 15) is 9.90 Å². The fraction of sp³-hybridized carbons (Fsp3) is 0.417. The summed E-state index contributed by atoms with van der Waals surface area (Å²) in [4.78, 5) is 34.5. The molecule has 0 spiro atoms. The van der Waals surface area contributed by atoms with Gasteiger partial charge in [0.05, 0.1) is 49.1 Å². The van der Waals surface area contributed by atoms with Crippen molar-refractivity contribution in [1.29, 1.82) is 0 Å².